The molecule has 8 aromatic carbocycles. The minimum Gasteiger partial charge on any atom is -0.256 e. The van der Waals surface area contributed by atoms with E-state index < -0.39 is 5.41 Å². The van der Waals surface area contributed by atoms with Gasteiger partial charge in [0.1, 0.15) is 0 Å². The SMILES string of the molecule is c1ccc(-c2nc(-c3ccc(-c4ccc(C(c5ccccc5)(c5ccccc5)c5ccc(-c6nc(-c7ccccc7)nc(-c7ccc(-c8ccccn8)cc7)n6)cc5)cc4)cc3)cc(-c3ccccn3)n2)cc1. The molecule has 0 aliphatic carbocycles. The number of benzene rings is 8. The van der Waals surface area contributed by atoms with Crippen molar-refractivity contribution in [3.8, 4) is 90.6 Å². The Kier molecular flexibility index (Phi) is 12.1. The minimum atomic E-state index is -0.674. The van der Waals surface area contributed by atoms with Crippen LogP contribution in [-0.2, 0) is 5.41 Å². The van der Waals surface area contributed by atoms with Gasteiger partial charge in [0.15, 0.2) is 23.3 Å². The van der Waals surface area contributed by atoms with E-state index in [0.717, 1.165) is 89.5 Å². The Morgan fingerprint density at radius 1 is 0.205 bits per heavy atom. The maximum absolute atomic E-state index is 5.12. The quantitative estimate of drug-likeness (QED) is 0.113. The van der Waals surface area contributed by atoms with Crippen LogP contribution in [0.4, 0.5) is 0 Å². The van der Waals surface area contributed by atoms with Gasteiger partial charge >= 0.3 is 0 Å². The van der Waals surface area contributed by atoms with Gasteiger partial charge in [-0.2, -0.15) is 0 Å². The molecule has 4 aromatic heterocycles. The number of hydrogen-bond acceptors (Lipinski definition) is 7. The van der Waals surface area contributed by atoms with Gasteiger partial charge in [-0.3, -0.25) is 9.97 Å². The van der Waals surface area contributed by atoms with Crippen LogP contribution >= 0.6 is 0 Å². The highest BCUT2D eigenvalue weighted by atomic mass is 15.0. The lowest BCUT2D eigenvalue weighted by Crippen LogP contribution is -2.31. The lowest BCUT2D eigenvalue weighted by molar-refractivity contribution is 0.745. The lowest BCUT2D eigenvalue weighted by Gasteiger charge is -2.37. The molecule has 0 unspecified atom stereocenters. The molecule has 12 rings (SSSR count). The molecule has 7 heteroatoms. The Morgan fingerprint density at radius 3 is 0.973 bits per heavy atom. The summed E-state index contributed by atoms with van der Waals surface area (Å²) < 4.78 is 0. The maximum Gasteiger partial charge on any atom is 0.164 e. The second-order valence-electron chi connectivity index (χ2n) is 17.7. The van der Waals surface area contributed by atoms with Crippen LogP contribution in [-0.4, -0.2) is 34.9 Å². The number of rotatable bonds is 12. The van der Waals surface area contributed by atoms with E-state index in [4.69, 9.17) is 24.9 Å². The van der Waals surface area contributed by atoms with Gasteiger partial charge in [0.05, 0.1) is 28.2 Å². The normalized spacial score (nSPS) is 11.3. The van der Waals surface area contributed by atoms with Gasteiger partial charge in [-0.25, -0.2) is 24.9 Å². The fourth-order valence-corrected chi connectivity index (χ4v) is 9.62. The molecule has 4 heterocycles. The number of nitrogens with zero attached hydrogens (tertiary/aromatic N) is 7. The van der Waals surface area contributed by atoms with Crippen molar-refractivity contribution in [2.45, 2.75) is 5.41 Å². The minimum absolute atomic E-state index is 0.592. The van der Waals surface area contributed by atoms with Crippen LogP contribution in [0.5, 0.6) is 0 Å². The van der Waals surface area contributed by atoms with Gasteiger partial charge in [0.2, 0.25) is 0 Å². The number of aromatic nitrogens is 7. The van der Waals surface area contributed by atoms with Crippen molar-refractivity contribution >= 4 is 0 Å². The molecule has 0 bridgehead atoms. The van der Waals surface area contributed by atoms with Crippen LogP contribution in [0.1, 0.15) is 22.3 Å². The largest absolute Gasteiger partial charge is 0.256 e. The highest BCUT2D eigenvalue weighted by Crippen LogP contribution is 2.46. The summed E-state index contributed by atoms with van der Waals surface area (Å²) in [4.78, 5) is 34.3. The highest BCUT2D eigenvalue weighted by Gasteiger charge is 2.38. The van der Waals surface area contributed by atoms with Crippen LogP contribution in [0.25, 0.3) is 90.6 Å². The smallest absolute Gasteiger partial charge is 0.164 e. The van der Waals surface area contributed by atoms with E-state index >= 15 is 0 Å². The average molecular weight is 936 g/mol. The van der Waals surface area contributed by atoms with Gasteiger partial charge in [-0.15, -0.1) is 0 Å². The summed E-state index contributed by atoms with van der Waals surface area (Å²) in [6, 6.07) is 90.2. The van der Waals surface area contributed by atoms with E-state index in [9.17, 15) is 0 Å². The van der Waals surface area contributed by atoms with E-state index in [1.165, 1.54) is 0 Å². The molecule has 0 amide bonds. The fraction of sp³-hybridized carbons (Fsp3) is 0.0152. The predicted molar refractivity (Wildman–Crippen MR) is 293 cm³/mol. The predicted octanol–water partition coefficient (Wildman–Crippen LogP) is 15.2. The molecule has 0 aliphatic rings. The zero-order chi connectivity index (χ0) is 48.8. The first-order valence-electron chi connectivity index (χ1n) is 24.3. The van der Waals surface area contributed by atoms with Gasteiger partial charge in [0, 0.05) is 45.8 Å². The van der Waals surface area contributed by atoms with Crippen molar-refractivity contribution in [3.63, 3.8) is 0 Å². The Hall–Kier alpha value is -9.85. The fourth-order valence-electron chi connectivity index (χ4n) is 9.62. The first-order valence-corrected chi connectivity index (χ1v) is 24.3. The lowest BCUT2D eigenvalue weighted by atomic mass is 9.65. The molecule has 0 N–H and O–H groups in total. The summed E-state index contributed by atoms with van der Waals surface area (Å²) in [6.07, 6.45) is 3.60. The maximum atomic E-state index is 5.12. The van der Waals surface area contributed by atoms with Gasteiger partial charge < -0.3 is 0 Å². The molecule has 344 valence electrons. The molecule has 0 spiro atoms. The number of pyridine rings is 2. The molecule has 7 nitrogen and oxygen atoms in total. The molecule has 0 saturated heterocycles. The van der Waals surface area contributed by atoms with Crippen LogP contribution in [0, 0.1) is 0 Å². The van der Waals surface area contributed by atoms with Crippen molar-refractivity contribution in [1.29, 1.82) is 0 Å². The van der Waals surface area contributed by atoms with Gasteiger partial charge in [-0.1, -0.05) is 231 Å². The Morgan fingerprint density at radius 2 is 0.521 bits per heavy atom. The van der Waals surface area contributed by atoms with Crippen molar-refractivity contribution in [3.05, 3.63) is 296 Å². The van der Waals surface area contributed by atoms with Crippen LogP contribution < -0.4 is 0 Å². The van der Waals surface area contributed by atoms with Crippen molar-refractivity contribution in [2.24, 2.45) is 0 Å². The molecular formula is C66H45N7. The zero-order valence-electron chi connectivity index (χ0n) is 39.6. The molecule has 0 saturated carbocycles. The summed E-state index contributed by atoms with van der Waals surface area (Å²) in [6.45, 7) is 0. The molecular weight excluding hydrogens is 891 g/mol. The molecule has 0 atom stereocenters. The van der Waals surface area contributed by atoms with Crippen molar-refractivity contribution < 1.29 is 0 Å². The first kappa shape index (κ1) is 44.4. The molecule has 0 fully saturated rings. The topological polar surface area (TPSA) is 90.2 Å². The van der Waals surface area contributed by atoms with E-state index in [-0.39, 0.29) is 0 Å². The van der Waals surface area contributed by atoms with E-state index in [0.29, 0.717) is 23.3 Å². The Labute approximate surface area is 424 Å². The second kappa shape index (κ2) is 19.9. The van der Waals surface area contributed by atoms with Gasteiger partial charge in [0.25, 0.3) is 0 Å². The van der Waals surface area contributed by atoms with E-state index in [1.54, 1.807) is 6.20 Å². The highest BCUT2D eigenvalue weighted by molar-refractivity contribution is 5.75. The zero-order valence-corrected chi connectivity index (χ0v) is 39.6. The van der Waals surface area contributed by atoms with Crippen molar-refractivity contribution in [1.82, 2.24) is 34.9 Å². The summed E-state index contributed by atoms with van der Waals surface area (Å²) in [5.41, 5.74) is 15.1. The summed E-state index contributed by atoms with van der Waals surface area (Å²) in [5.74, 6) is 2.45. The third-order valence-corrected chi connectivity index (χ3v) is 13.3. The third-order valence-electron chi connectivity index (χ3n) is 13.3. The molecule has 73 heavy (non-hydrogen) atoms. The second-order valence-corrected chi connectivity index (χ2v) is 17.7. The summed E-state index contributed by atoms with van der Waals surface area (Å²) in [7, 11) is 0. The van der Waals surface area contributed by atoms with E-state index in [2.05, 4.69) is 168 Å². The van der Waals surface area contributed by atoms with Crippen molar-refractivity contribution in [2.75, 3.05) is 0 Å². The van der Waals surface area contributed by atoms with E-state index in [1.807, 2.05) is 109 Å². The summed E-state index contributed by atoms with van der Waals surface area (Å²) in [5, 5.41) is 0. The third kappa shape index (κ3) is 8.99. The Balaban J connectivity index is 0.913. The summed E-state index contributed by atoms with van der Waals surface area (Å²) >= 11 is 0. The molecule has 12 aromatic rings. The van der Waals surface area contributed by atoms with Gasteiger partial charge in [-0.05, 0) is 63.7 Å². The van der Waals surface area contributed by atoms with Crippen LogP contribution in [0.2, 0.25) is 0 Å². The standard InChI is InChI=1S/C66H45N7/c1-5-17-50(18-6-1)62-69-60(45-61(70-62)59-26-14-16-44-68-59)49-29-27-46(28-30-49)47-35-39-56(40-36-47)66(54-21-9-3-10-22-54,55-23-11-4-12-24-55)57-41-37-53(38-42-57)65-72-63(51-19-7-2-8-20-51)71-64(73-65)52-33-31-48(32-34-52)58-25-13-15-43-67-58/h1-45H. The monoisotopic (exact) mass is 935 g/mol. The first-order chi connectivity index (χ1) is 36.2. The molecule has 0 aliphatic heterocycles. The molecule has 0 radical (unpaired) electrons. The van der Waals surface area contributed by atoms with Crippen LogP contribution in [0.15, 0.2) is 273 Å². The number of hydrogen-bond donors (Lipinski definition) is 0. The Bertz CT molecular complexity index is 3670. The van der Waals surface area contributed by atoms with Crippen LogP contribution in [0.3, 0.4) is 0 Å². The average Bonchev–Trinajstić information content (AvgIpc) is 3.49.